The predicted octanol–water partition coefficient (Wildman–Crippen LogP) is 0.739. The molecule has 1 rings (SSSR count). The van der Waals surface area contributed by atoms with Gasteiger partial charge >= 0.3 is 0 Å². The van der Waals surface area contributed by atoms with Gasteiger partial charge in [-0.2, -0.15) is 0 Å². The molecule has 0 radical (unpaired) electrons. The molecule has 0 aliphatic rings. The lowest BCUT2D eigenvalue weighted by Gasteiger charge is -2.24. The predicted molar refractivity (Wildman–Crippen MR) is 75.6 cm³/mol. The molecule has 0 saturated heterocycles. The van der Waals surface area contributed by atoms with E-state index in [-0.39, 0.29) is 11.9 Å². The lowest BCUT2D eigenvalue weighted by Crippen LogP contribution is -2.41. The number of hydrogen-bond acceptors (Lipinski definition) is 6. The maximum Gasteiger partial charge on any atom is 0.244 e. The summed E-state index contributed by atoms with van der Waals surface area (Å²) in [5, 5.41) is 3.10. The second kappa shape index (κ2) is 6.89. The molecular formula is C12H22N6O. The summed E-state index contributed by atoms with van der Waals surface area (Å²) >= 11 is 0. The Balaban J connectivity index is 2.82. The Hall–Kier alpha value is -1.89. The molecule has 0 fully saturated rings. The zero-order valence-corrected chi connectivity index (χ0v) is 11.9. The second-order valence-electron chi connectivity index (χ2n) is 4.22. The molecule has 0 aliphatic heterocycles. The average Bonchev–Trinajstić information content (AvgIpc) is 2.42. The molecular weight excluding hydrogens is 244 g/mol. The summed E-state index contributed by atoms with van der Waals surface area (Å²) in [5.41, 5.74) is 3.28. The van der Waals surface area contributed by atoms with Crippen molar-refractivity contribution in [3.63, 3.8) is 0 Å². The lowest BCUT2D eigenvalue weighted by molar-refractivity contribution is -0.131. The van der Waals surface area contributed by atoms with Gasteiger partial charge in [-0.3, -0.25) is 4.79 Å². The van der Waals surface area contributed by atoms with Gasteiger partial charge < -0.3 is 15.6 Å². The van der Waals surface area contributed by atoms with E-state index in [1.165, 1.54) is 6.33 Å². The number of aromatic nitrogens is 2. The summed E-state index contributed by atoms with van der Waals surface area (Å²) in [7, 11) is 0. The highest BCUT2D eigenvalue weighted by molar-refractivity contribution is 5.84. The molecule has 1 amide bonds. The van der Waals surface area contributed by atoms with Gasteiger partial charge in [0.2, 0.25) is 5.91 Å². The molecule has 19 heavy (non-hydrogen) atoms. The molecule has 1 aromatic heterocycles. The van der Waals surface area contributed by atoms with Gasteiger partial charge in [0.1, 0.15) is 24.0 Å². The molecule has 106 valence electrons. The summed E-state index contributed by atoms with van der Waals surface area (Å²) in [6.07, 6.45) is 1.40. The minimum absolute atomic E-state index is 0.0465. The Morgan fingerprint density at radius 2 is 1.95 bits per heavy atom. The number of nitrogens with zero attached hydrogens (tertiary/aromatic N) is 3. The van der Waals surface area contributed by atoms with Crippen molar-refractivity contribution in [2.24, 2.45) is 5.84 Å². The fourth-order valence-corrected chi connectivity index (χ4v) is 1.82. The highest BCUT2D eigenvalue weighted by Crippen LogP contribution is 2.18. The number of hydrazine groups is 1. The Bertz CT molecular complexity index is 432. The van der Waals surface area contributed by atoms with Crippen LogP contribution < -0.4 is 16.6 Å². The van der Waals surface area contributed by atoms with Gasteiger partial charge in [0.05, 0.1) is 0 Å². The number of nitrogens with one attached hydrogen (secondary N) is 2. The van der Waals surface area contributed by atoms with E-state index in [1.807, 2.05) is 27.7 Å². The Morgan fingerprint density at radius 3 is 2.47 bits per heavy atom. The van der Waals surface area contributed by atoms with Crippen LogP contribution in [-0.2, 0) is 4.79 Å². The van der Waals surface area contributed by atoms with Gasteiger partial charge in [-0.25, -0.2) is 15.8 Å². The van der Waals surface area contributed by atoms with Crippen LogP contribution in [0.5, 0.6) is 0 Å². The topological polar surface area (TPSA) is 96.2 Å². The number of hydrogen-bond donors (Lipinski definition) is 3. The quantitative estimate of drug-likeness (QED) is 0.519. The van der Waals surface area contributed by atoms with Crippen molar-refractivity contribution in [1.82, 2.24) is 14.9 Å². The van der Waals surface area contributed by atoms with E-state index in [0.29, 0.717) is 24.7 Å². The Morgan fingerprint density at radius 1 is 1.37 bits per heavy atom. The van der Waals surface area contributed by atoms with Gasteiger partial charge in [0.25, 0.3) is 0 Å². The van der Waals surface area contributed by atoms with Gasteiger partial charge in [0.15, 0.2) is 0 Å². The van der Waals surface area contributed by atoms with Gasteiger partial charge in [0, 0.05) is 18.7 Å². The molecule has 1 unspecified atom stereocenters. The van der Waals surface area contributed by atoms with Crippen molar-refractivity contribution in [2.75, 3.05) is 23.8 Å². The van der Waals surface area contributed by atoms with Crippen LogP contribution in [0.1, 0.15) is 26.3 Å². The summed E-state index contributed by atoms with van der Waals surface area (Å²) in [6, 6.07) is -0.348. The minimum Gasteiger partial charge on any atom is -0.358 e. The van der Waals surface area contributed by atoms with E-state index in [1.54, 1.807) is 4.90 Å². The largest absolute Gasteiger partial charge is 0.358 e. The summed E-state index contributed by atoms with van der Waals surface area (Å²) in [5.74, 6) is 6.55. The van der Waals surface area contributed by atoms with Gasteiger partial charge in [-0.1, -0.05) is 0 Å². The zero-order chi connectivity index (χ0) is 14.4. The monoisotopic (exact) mass is 266 g/mol. The van der Waals surface area contributed by atoms with E-state index in [4.69, 9.17) is 5.84 Å². The van der Waals surface area contributed by atoms with E-state index >= 15 is 0 Å². The zero-order valence-electron chi connectivity index (χ0n) is 11.9. The first kappa shape index (κ1) is 15.2. The summed E-state index contributed by atoms with van der Waals surface area (Å²) < 4.78 is 0. The summed E-state index contributed by atoms with van der Waals surface area (Å²) in [4.78, 5) is 22.1. The maximum atomic E-state index is 12.2. The molecule has 1 heterocycles. The van der Waals surface area contributed by atoms with Crippen molar-refractivity contribution in [1.29, 1.82) is 0 Å². The molecule has 0 saturated carbocycles. The first-order valence-corrected chi connectivity index (χ1v) is 6.38. The standard InChI is InChI=1S/C12H22N6O/c1-5-18(6-2)12(19)9(4)16-10-8(3)11(17-13)15-7-14-10/h7,9H,5-6,13H2,1-4H3,(H2,14,15,16,17). The van der Waals surface area contributed by atoms with E-state index in [0.717, 1.165) is 5.56 Å². The number of anilines is 2. The first-order chi connectivity index (χ1) is 9.04. The first-order valence-electron chi connectivity index (χ1n) is 6.38. The third-order valence-electron chi connectivity index (χ3n) is 3.02. The number of carbonyl (C=O) groups excluding carboxylic acids is 1. The molecule has 7 heteroatoms. The number of amides is 1. The number of carbonyl (C=O) groups is 1. The third kappa shape index (κ3) is 3.54. The number of likely N-dealkylation sites (N-methyl/N-ethyl adjacent to an activating group) is 1. The van der Waals surface area contributed by atoms with Crippen molar-refractivity contribution in [2.45, 2.75) is 33.7 Å². The average molecular weight is 266 g/mol. The second-order valence-corrected chi connectivity index (χ2v) is 4.22. The van der Waals surface area contributed by atoms with Crippen LogP contribution in [-0.4, -0.2) is 39.9 Å². The smallest absolute Gasteiger partial charge is 0.244 e. The van der Waals surface area contributed by atoms with Crippen LogP contribution in [0.25, 0.3) is 0 Å². The Labute approximate surface area is 113 Å². The highest BCUT2D eigenvalue weighted by Gasteiger charge is 2.19. The van der Waals surface area contributed by atoms with Crippen molar-refractivity contribution in [3.8, 4) is 0 Å². The van der Waals surface area contributed by atoms with Crippen LogP contribution in [0.3, 0.4) is 0 Å². The van der Waals surface area contributed by atoms with E-state index < -0.39 is 0 Å². The molecule has 1 atom stereocenters. The Kier molecular flexibility index (Phi) is 5.50. The maximum absolute atomic E-state index is 12.2. The SMILES string of the molecule is CCN(CC)C(=O)C(C)Nc1ncnc(NN)c1C. The third-order valence-corrected chi connectivity index (χ3v) is 3.02. The van der Waals surface area contributed by atoms with Crippen LogP contribution in [0, 0.1) is 6.92 Å². The highest BCUT2D eigenvalue weighted by atomic mass is 16.2. The molecule has 7 nitrogen and oxygen atoms in total. The van der Waals surface area contributed by atoms with Crippen LogP contribution in [0.15, 0.2) is 6.33 Å². The van der Waals surface area contributed by atoms with Crippen LogP contribution >= 0.6 is 0 Å². The minimum atomic E-state index is -0.348. The van der Waals surface area contributed by atoms with Crippen molar-refractivity contribution in [3.05, 3.63) is 11.9 Å². The molecule has 0 spiro atoms. The molecule has 0 aromatic carbocycles. The molecule has 1 aromatic rings. The molecule has 4 N–H and O–H groups in total. The van der Waals surface area contributed by atoms with Crippen molar-refractivity contribution < 1.29 is 4.79 Å². The fraction of sp³-hybridized carbons (Fsp3) is 0.583. The van der Waals surface area contributed by atoms with Gasteiger partial charge in [-0.15, -0.1) is 0 Å². The lowest BCUT2D eigenvalue weighted by atomic mass is 10.2. The molecule has 0 bridgehead atoms. The normalized spacial score (nSPS) is 11.8. The van der Waals surface area contributed by atoms with E-state index in [9.17, 15) is 4.79 Å². The van der Waals surface area contributed by atoms with Crippen molar-refractivity contribution >= 4 is 17.5 Å². The number of nitrogen functional groups attached to an aromatic ring is 1. The summed E-state index contributed by atoms with van der Waals surface area (Å²) in [6.45, 7) is 8.96. The fourth-order valence-electron chi connectivity index (χ4n) is 1.82. The number of nitrogens with two attached hydrogens (primary N) is 1. The van der Waals surface area contributed by atoms with Crippen LogP contribution in [0.2, 0.25) is 0 Å². The van der Waals surface area contributed by atoms with Gasteiger partial charge in [-0.05, 0) is 27.7 Å². The van der Waals surface area contributed by atoms with Crippen LogP contribution in [0.4, 0.5) is 11.6 Å². The molecule has 0 aliphatic carbocycles. The van der Waals surface area contributed by atoms with E-state index in [2.05, 4.69) is 20.7 Å². The number of rotatable bonds is 6.